The van der Waals surface area contributed by atoms with Gasteiger partial charge in [0.05, 0.1) is 6.61 Å². The van der Waals surface area contributed by atoms with Crippen molar-refractivity contribution < 1.29 is 13.5 Å². The van der Waals surface area contributed by atoms with E-state index in [4.69, 9.17) is 4.74 Å². The first kappa shape index (κ1) is 11.3. The third kappa shape index (κ3) is 2.92. The van der Waals surface area contributed by atoms with Crippen molar-refractivity contribution in [2.24, 2.45) is 5.92 Å². The molecule has 1 aromatic carbocycles. The summed E-state index contributed by atoms with van der Waals surface area (Å²) in [6.45, 7) is 2.68. The molecule has 1 unspecified atom stereocenters. The second-order valence-electron chi connectivity index (χ2n) is 4.04. The van der Waals surface area contributed by atoms with Crippen LogP contribution >= 0.6 is 0 Å². The monoisotopic (exact) mass is 227 g/mol. The minimum absolute atomic E-state index is 0.0369. The molecule has 1 atom stereocenters. The van der Waals surface area contributed by atoms with E-state index in [0.717, 1.165) is 19.5 Å². The molecule has 16 heavy (non-hydrogen) atoms. The van der Waals surface area contributed by atoms with Crippen LogP contribution in [0.1, 0.15) is 18.4 Å². The second kappa shape index (κ2) is 5.25. The van der Waals surface area contributed by atoms with Crippen molar-refractivity contribution >= 4 is 0 Å². The standard InChI is InChI=1S/C12H15F2NO/c13-12(14)10-1-3-11(4-2-10)16-8-9-5-6-15-7-9/h1-4,9,12,15H,5-8H2. The first-order valence-corrected chi connectivity index (χ1v) is 5.47. The van der Waals surface area contributed by atoms with Crippen LogP contribution in [-0.2, 0) is 0 Å². The van der Waals surface area contributed by atoms with Gasteiger partial charge in [-0.1, -0.05) is 0 Å². The first-order chi connectivity index (χ1) is 7.75. The third-order valence-electron chi connectivity index (χ3n) is 2.78. The molecule has 1 aromatic rings. The number of ether oxygens (including phenoxy) is 1. The zero-order chi connectivity index (χ0) is 11.4. The summed E-state index contributed by atoms with van der Waals surface area (Å²) in [5.74, 6) is 1.20. The number of halogens is 2. The Hall–Kier alpha value is -1.16. The van der Waals surface area contributed by atoms with Gasteiger partial charge < -0.3 is 10.1 Å². The van der Waals surface area contributed by atoms with Crippen molar-refractivity contribution in [3.63, 3.8) is 0 Å². The summed E-state index contributed by atoms with van der Waals surface area (Å²) < 4.78 is 30.1. The molecule has 0 amide bonds. The molecule has 2 rings (SSSR count). The van der Waals surface area contributed by atoms with Gasteiger partial charge in [-0.25, -0.2) is 8.78 Å². The molecule has 1 aliphatic rings. The predicted molar refractivity (Wildman–Crippen MR) is 57.9 cm³/mol. The molecule has 0 aliphatic carbocycles. The third-order valence-corrected chi connectivity index (χ3v) is 2.78. The van der Waals surface area contributed by atoms with E-state index in [-0.39, 0.29) is 5.56 Å². The molecule has 1 aliphatic heterocycles. The quantitative estimate of drug-likeness (QED) is 0.853. The number of hydrogen-bond donors (Lipinski definition) is 1. The fraction of sp³-hybridized carbons (Fsp3) is 0.500. The van der Waals surface area contributed by atoms with Crippen LogP contribution in [-0.4, -0.2) is 19.7 Å². The molecule has 0 spiro atoms. The number of hydrogen-bond acceptors (Lipinski definition) is 2. The number of benzene rings is 1. The smallest absolute Gasteiger partial charge is 0.263 e. The van der Waals surface area contributed by atoms with Crippen LogP contribution < -0.4 is 10.1 Å². The highest BCUT2D eigenvalue weighted by atomic mass is 19.3. The van der Waals surface area contributed by atoms with Crippen molar-refractivity contribution in [1.82, 2.24) is 5.32 Å². The maximum absolute atomic E-state index is 12.3. The predicted octanol–water partition coefficient (Wildman–Crippen LogP) is 2.61. The molecule has 0 bridgehead atoms. The lowest BCUT2D eigenvalue weighted by Crippen LogP contribution is -2.15. The Morgan fingerprint density at radius 3 is 2.62 bits per heavy atom. The Labute approximate surface area is 93.6 Å². The van der Waals surface area contributed by atoms with Gasteiger partial charge in [0, 0.05) is 18.0 Å². The van der Waals surface area contributed by atoms with E-state index in [2.05, 4.69) is 5.32 Å². The molecule has 1 fully saturated rings. The Balaban J connectivity index is 1.84. The minimum Gasteiger partial charge on any atom is -0.493 e. The van der Waals surface area contributed by atoms with Crippen molar-refractivity contribution in [3.8, 4) is 5.75 Å². The zero-order valence-electron chi connectivity index (χ0n) is 8.96. The summed E-state index contributed by atoms with van der Waals surface area (Å²) in [7, 11) is 0. The fourth-order valence-corrected chi connectivity index (χ4v) is 1.78. The molecule has 1 saturated heterocycles. The van der Waals surface area contributed by atoms with Crippen LogP contribution in [0.2, 0.25) is 0 Å². The van der Waals surface area contributed by atoms with Crippen LogP contribution in [0.5, 0.6) is 5.75 Å². The Kier molecular flexibility index (Phi) is 3.72. The lowest BCUT2D eigenvalue weighted by atomic mass is 10.1. The van der Waals surface area contributed by atoms with Gasteiger partial charge in [-0.05, 0) is 37.2 Å². The van der Waals surface area contributed by atoms with Gasteiger partial charge in [-0.3, -0.25) is 0 Å². The lowest BCUT2D eigenvalue weighted by molar-refractivity contribution is 0.151. The number of alkyl halides is 2. The van der Waals surface area contributed by atoms with Crippen LogP contribution in [0.4, 0.5) is 8.78 Å². The number of rotatable bonds is 4. The molecule has 1 N–H and O–H groups in total. The summed E-state index contributed by atoms with van der Waals surface area (Å²) in [4.78, 5) is 0. The van der Waals surface area contributed by atoms with Gasteiger partial charge in [0.2, 0.25) is 0 Å². The van der Waals surface area contributed by atoms with Gasteiger partial charge >= 0.3 is 0 Å². The molecule has 2 nitrogen and oxygen atoms in total. The number of nitrogens with one attached hydrogen (secondary N) is 1. The van der Waals surface area contributed by atoms with E-state index in [1.807, 2.05) is 0 Å². The Morgan fingerprint density at radius 2 is 2.06 bits per heavy atom. The van der Waals surface area contributed by atoms with E-state index in [1.165, 1.54) is 12.1 Å². The second-order valence-corrected chi connectivity index (χ2v) is 4.04. The molecule has 88 valence electrons. The normalized spacial score (nSPS) is 20.3. The van der Waals surface area contributed by atoms with Crippen molar-refractivity contribution in [2.45, 2.75) is 12.8 Å². The Morgan fingerprint density at radius 1 is 1.31 bits per heavy atom. The largest absolute Gasteiger partial charge is 0.493 e. The lowest BCUT2D eigenvalue weighted by Gasteiger charge is -2.11. The molecule has 0 aromatic heterocycles. The maximum Gasteiger partial charge on any atom is 0.263 e. The highest BCUT2D eigenvalue weighted by Crippen LogP contribution is 2.22. The minimum atomic E-state index is -2.41. The average molecular weight is 227 g/mol. The molecular formula is C12H15F2NO. The van der Waals surface area contributed by atoms with Gasteiger partial charge in [0.1, 0.15) is 5.75 Å². The van der Waals surface area contributed by atoms with Crippen molar-refractivity contribution in [3.05, 3.63) is 29.8 Å². The van der Waals surface area contributed by atoms with E-state index in [0.29, 0.717) is 18.3 Å². The molecular weight excluding hydrogens is 212 g/mol. The zero-order valence-corrected chi connectivity index (χ0v) is 8.96. The van der Waals surface area contributed by atoms with Crippen LogP contribution in [0, 0.1) is 5.92 Å². The average Bonchev–Trinajstić information content (AvgIpc) is 2.80. The van der Waals surface area contributed by atoms with E-state index in [9.17, 15) is 8.78 Å². The summed E-state index contributed by atoms with van der Waals surface area (Å²) in [5.41, 5.74) is 0.0369. The molecule has 4 heteroatoms. The highest BCUT2D eigenvalue weighted by molar-refractivity contribution is 5.27. The summed E-state index contributed by atoms with van der Waals surface area (Å²) >= 11 is 0. The molecule has 1 heterocycles. The summed E-state index contributed by atoms with van der Waals surface area (Å²) in [6.07, 6.45) is -1.29. The van der Waals surface area contributed by atoms with Crippen LogP contribution in [0.3, 0.4) is 0 Å². The van der Waals surface area contributed by atoms with Gasteiger partial charge in [-0.2, -0.15) is 0 Å². The van der Waals surface area contributed by atoms with Gasteiger partial charge in [0.25, 0.3) is 6.43 Å². The highest BCUT2D eigenvalue weighted by Gasteiger charge is 2.15. The summed E-state index contributed by atoms with van der Waals surface area (Å²) in [6, 6.07) is 6.02. The Bertz CT molecular complexity index is 320. The molecule has 0 saturated carbocycles. The van der Waals surface area contributed by atoms with Gasteiger partial charge in [0.15, 0.2) is 0 Å². The van der Waals surface area contributed by atoms with E-state index in [1.54, 1.807) is 12.1 Å². The van der Waals surface area contributed by atoms with Gasteiger partial charge in [-0.15, -0.1) is 0 Å². The van der Waals surface area contributed by atoms with Crippen LogP contribution in [0.25, 0.3) is 0 Å². The topological polar surface area (TPSA) is 21.3 Å². The fourth-order valence-electron chi connectivity index (χ4n) is 1.78. The van der Waals surface area contributed by atoms with Crippen molar-refractivity contribution in [1.29, 1.82) is 0 Å². The van der Waals surface area contributed by atoms with Crippen LogP contribution in [0.15, 0.2) is 24.3 Å². The SMILES string of the molecule is FC(F)c1ccc(OCC2CCNC2)cc1. The maximum atomic E-state index is 12.3. The first-order valence-electron chi connectivity index (χ1n) is 5.47. The van der Waals surface area contributed by atoms with E-state index >= 15 is 0 Å². The van der Waals surface area contributed by atoms with E-state index < -0.39 is 6.43 Å². The summed E-state index contributed by atoms with van der Waals surface area (Å²) in [5, 5.41) is 3.25. The van der Waals surface area contributed by atoms with Crippen molar-refractivity contribution in [2.75, 3.05) is 19.7 Å². The molecule has 0 radical (unpaired) electrons.